The Kier molecular flexibility index (Phi) is 6.06. The molecule has 1 atom stereocenters. The number of halogens is 1. The summed E-state index contributed by atoms with van der Waals surface area (Å²) in [4.78, 5) is 16.2. The minimum Gasteiger partial charge on any atom is -0.444 e. The minimum atomic E-state index is -0.453. The Balaban J connectivity index is 1.94. The highest BCUT2D eigenvalue weighted by Gasteiger charge is 2.28. The maximum atomic E-state index is 12.1. The molecule has 1 aromatic rings. The number of amides is 1. The fourth-order valence-corrected chi connectivity index (χ4v) is 2.99. The lowest BCUT2D eigenvalue weighted by molar-refractivity contribution is 0.0106. The second kappa shape index (κ2) is 7.64. The molecular weight excluding hydrogens is 358 g/mol. The summed E-state index contributed by atoms with van der Waals surface area (Å²) in [5.74, 6) is 0. The van der Waals surface area contributed by atoms with Gasteiger partial charge in [0.25, 0.3) is 0 Å². The molecule has 0 saturated carbocycles. The summed E-state index contributed by atoms with van der Waals surface area (Å²) >= 11 is 3.46. The van der Waals surface area contributed by atoms with Gasteiger partial charge in [0.1, 0.15) is 5.60 Å². The van der Waals surface area contributed by atoms with E-state index in [1.165, 1.54) is 5.56 Å². The van der Waals surface area contributed by atoms with Crippen LogP contribution in [-0.2, 0) is 4.74 Å². The average Bonchev–Trinajstić information content (AvgIpc) is 2.49. The first-order valence-corrected chi connectivity index (χ1v) is 8.77. The van der Waals surface area contributed by atoms with Crippen LogP contribution in [0, 0.1) is 0 Å². The van der Waals surface area contributed by atoms with Crippen LogP contribution < -0.4 is 5.73 Å². The van der Waals surface area contributed by atoms with Crippen LogP contribution >= 0.6 is 15.9 Å². The van der Waals surface area contributed by atoms with E-state index in [1.54, 1.807) is 4.90 Å². The van der Waals surface area contributed by atoms with Gasteiger partial charge in [-0.2, -0.15) is 0 Å². The monoisotopic (exact) mass is 383 g/mol. The largest absolute Gasteiger partial charge is 0.444 e. The van der Waals surface area contributed by atoms with Crippen molar-refractivity contribution in [2.75, 3.05) is 32.7 Å². The van der Waals surface area contributed by atoms with Gasteiger partial charge in [-0.1, -0.05) is 28.1 Å². The lowest BCUT2D eigenvalue weighted by Crippen LogP contribution is -2.51. The molecule has 0 radical (unpaired) electrons. The van der Waals surface area contributed by atoms with Crippen LogP contribution in [0.25, 0.3) is 0 Å². The molecular formula is C17H26BrN3O2. The van der Waals surface area contributed by atoms with Crippen molar-refractivity contribution in [1.29, 1.82) is 0 Å². The molecule has 2 rings (SSSR count). The van der Waals surface area contributed by atoms with Crippen LogP contribution in [0.1, 0.15) is 32.4 Å². The molecule has 1 saturated heterocycles. The molecule has 0 aromatic heterocycles. The topological polar surface area (TPSA) is 58.8 Å². The average molecular weight is 384 g/mol. The predicted octanol–water partition coefficient (Wildman–Crippen LogP) is 3.00. The maximum Gasteiger partial charge on any atom is 0.410 e. The first-order chi connectivity index (χ1) is 10.8. The molecule has 0 aliphatic carbocycles. The lowest BCUT2D eigenvalue weighted by atomic mass is 10.0. The summed E-state index contributed by atoms with van der Waals surface area (Å²) in [6.07, 6.45) is -0.231. The molecule has 5 nitrogen and oxygen atoms in total. The zero-order valence-electron chi connectivity index (χ0n) is 14.1. The summed E-state index contributed by atoms with van der Waals surface area (Å²) in [5.41, 5.74) is 6.75. The molecule has 1 amide bonds. The van der Waals surface area contributed by atoms with Crippen LogP contribution in [0.15, 0.2) is 28.7 Å². The number of hydrogen-bond acceptors (Lipinski definition) is 4. The molecule has 128 valence electrons. The standard InChI is InChI=1S/C17H26BrN3O2/c1-17(2,3)23-16(22)21-10-8-20(9-11-21)15(12-19)13-4-6-14(18)7-5-13/h4-7,15H,8-12,19H2,1-3H3/t15-/m0/s1. The second-order valence-electron chi connectivity index (χ2n) is 6.81. The van der Waals surface area contributed by atoms with E-state index >= 15 is 0 Å². The smallest absolute Gasteiger partial charge is 0.410 e. The number of nitrogens with two attached hydrogens (primary N) is 1. The van der Waals surface area contributed by atoms with Crippen molar-refractivity contribution in [3.8, 4) is 0 Å². The molecule has 1 fully saturated rings. The first kappa shape index (κ1) is 18.2. The van der Waals surface area contributed by atoms with Crippen molar-refractivity contribution >= 4 is 22.0 Å². The van der Waals surface area contributed by atoms with Crippen molar-refractivity contribution in [3.05, 3.63) is 34.3 Å². The Bertz CT molecular complexity index is 520. The summed E-state index contributed by atoms with van der Waals surface area (Å²) in [7, 11) is 0. The van der Waals surface area contributed by atoms with E-state index in [4.69, 9.17) is 10.5 Å². The first-order valence-electron chi connectivity index (χ1n) is 7.97. The van der Waals surface area contributed by atoms with Gasteiger partial charge in [0, 0.05) is 43.2 Å². The van der Waals surface area contributed by atoms with Crippen LogP contribution in [0.4, 0.5) is 4.79 Å². The molecule has 1 heterocycles. The van der Waals surface area contributed by atoms with E-state index in [2.05, 4.69) is 33.0 Å². The molecule has 0 unspecified atom stereocenters. The lowest BCUT2D eigenvalue weighted by Gasteiger charge is -2.39. The van der Waals surface area contributed by atoms with Gasteiger partial charge in [-0.25, -0.2) is 4.79 Å². The quantitative estimate of drug-likeness (QED) is 0.871. The molecule has 0 spiro atoms. The highest BCUT2D eigenvalue weighted by atomic mass is 79.9. The number of carbonyl (C=O) groups is 1. The molecule has 1 aliphatic rings. The number of rotatable bonds is 3. The number of piperazine rings is 1. The van der Waals surface area contributed by atoms with Crippen molar-refractivity contribution in [1.82, 2.24) is 9.80 Å². The maximum absolute atomic E-state index is 12.1. The van der Waals surface area contributed by atoms with Gasteiger partial charge < -0.3 is 15.4 Å². The van der Waals surface area contributed by atoms with E-state index in [9.17, 15) is 4.79 Å². The fourth-order valence-electron chi connectivity index (χ4n) is 2.72. The summed E-state index contributed by atoms with van der Waals surface area (Å²) in [6, 6.07) is 8.46. The van der Waals surface area contributed by atoms with Crippen LogP contribution in [-0.4, -0.2) is 54.2 Å². The van der Waals surface area contributed by atoms with Gasteiger partial charge in [0.2, 0.25) is 0 Å². The summed E-state index contributed by atoms with van der Waals surface area (Å²) in [5, 5.41) is 0. The van der Waals surface area contributed by atoms with Crippen LogP contribution in [0.5, 0.6) is 0 Å². The van der Waals surface area contributed by atoms with Crippen molar-refractivity contribution in [2.24, 2.45) is 5.73 Å². The molecule has 6 heteroatoms. The van der Waals surface area contributed by atoms with Gasteiger partial charge in [0.05, 0.1) is 0 Å². The third kappa shape index (κ3) is 5.19. The third-order valence-corrected chi connectivity index (χ3v) is 4.41. The Morgan fingerprint density at radius 1 is 1.22 bits per heavy atom. The van der Waals surface area contributed by atoms with E-state index in [0.29, 0.717) is 19.6 Å². The van der Waals surface area contributed by atoms with Gasteiger partial charge in [0.15, 0.2) is 0 Å². The number of benzene rings is 1. The molecule has 0 bridgehead atoms. The Labute approximate surface area is 146 Å². The molecule has 1 aliphatic heterocycles. The van der Waals surface area contributed by atoms with Crippen molar-refractivity contribution in [3.63, 3.8) is 0 Å². The van der Waals surface area contributed by atoms with E-state index in [0.717, 1.165) is 17.6 Å². The van der Waals surface area contributed by atoms with Gasteiger partial charge >= 0.3 is 6.09 Å². The normalized spacial score (nSPS) is 17.9. The zero-order chi connectivity index (χ0) is 17.0. The Morgan fingerprint density at radius 2 is 1.78 bits per heavy atom. The third-order valence-electron chi connectivity index (χ3n) is 3.88. The summed E-state index contributed by atoms with van der Waals surface area (Å²) < 4.78 is 6.50. The van der Waals surface area contributed by atoms with Crippen molar-refractivity contribution < 1.29 is 9.53 Å². The van der Waals surface area contributed by atoms with Gasteiger partial charge in [-0.05, 0) is 38.5 Å². The van der Waals surface area contributed by atoms with Crippen molar-refractivity contribution in [2.45, 2.75) is 32.4 Å². The highest BCUT2D eigenvalue weighted by Crippen LogP contribution is 2.23. The van der Waals surface area contributed by atoms with Crippen LogP contribution in [0.2, 0.25) is 0 Å². The number of hydrogen-bond donors (Lipinski definition) is 1. The minimum absolute atomic E-state index is 0.184. The van der Waals surface area contributed by atoms with E-state index < -0.39 is 5.60 Å². The summed E-state index contributed by atoms with van der Waals surface area (Å²) in [6.45, 7) is 9.17. The fraction of sp³-hybridized carbons (Fsp3) is 0.588. The zero-order valence-corrected chi connectivity index (χ0v) is 15.7. The van der Waals surface area contributed by atoms with E-state index in [-0.39, 0.29) is 12.1 Å². The molecule has 2 N–H and O–H groups in total. The SMILES string of the molecule is CC(C)(C)OC(=O)N1CCN([C@@H](CN)c2ccc(Br)cc2)CC1. The second-order valence-corrected chi connectivity index (χ2v) is 7.72. The van der Waals surface area contributed by atoms with Gasteiger partial charge in [-0.15, -0.1) is 0 Å². The van der Waals surface area contributed by atoms with Crippen LogP contribution in [0.3, 0.4) is 0 Å². The highest BCUT2D eigenvalue weighted by molar-refractivity contribution is 9.10. The number of ether oxygens (including phenoxy) is 1. The molecule has 23 heavy (non-hydrogen) atoms. The number of carbonyl (C=O) groups excluding carboxylic acids is 1. The van der Waals surface area contributed by atoms with Gasteiger partial charge in [-0.3, -0.25) is 4.90 Å². The number of nitrogens with zero attached hydrogens (tertiary/aromatic N) is 2. The predicted molar refractivity (Wildman–Crippen MR) is 95.3 cm³/mol. The Hall–Kier alpha value is -1.11. The molecule has 1 aromatic carbocycles. The Morgan fingerprint density at radius 3 is 2.26 bits per heavy atom. The van der Waals surface area contributed by atoms with E-state index in [1.807, 2.05) is 32.9 Å².